The number of pyridine rings is 1. The fraction of sp³-hybridized carbons (Fsp3) is 0.645. The highest BCUT2D eigenvalue weighted by Gasteiger charge is 2.53. The van der Waals surface area contributed by atoms with E-state index in [9.17, 15) is 19.8 Å². The molecule has 2 aliphatic rings. The molecule has 7 atom stereocenters. The highest BCUT2D eigenvalue weighted by molar-refractivity contribution is 5.88. The topological polar surface area (TPSA) is 109 Å². The minimum absolute atomic E-state index is 0.0659. The Balaban J connectivity index is 1.88. The van der Waals surface area contributed by atoms with Crippen molar-refractivity contribution in [2.75, 3.05) is 0 Å². The quantitative estimate of drug-likeness (QED) is 0.313. The Morgan fingerprint density at radius 1 is 1.24 bits per heavy atom. The molecule has 38 heavy (non-hydrogen) atoms. The molecule has 0 saturated carbocycles. The Hall–Kier alpha value is -2.35. The van der Waals surface area contributed by atoms with Crippen molar-refractivity contribution in [2.45, 2.75) is 110 Å². The zero-order valence-corrected chi connectivity index (χ0v) is 23.6. The maximum Gasteiger partial charge on any atom is 0.309 e. The van der Waals surface area contributed by atoms with Gasteiger partial charge in [-0.25, -0.2) is 0 Å². The van der Waals surface area contributed by atoms with Crippen LogP contribution >= 0.6 is 0 Å². The van der Waals surface area contributed by atoms with Crippen LogP contribution in [-0.2, 0) is 19.1 Å². The van der Waals surface area contributed by atoms with Gasteiger partial charge in [0.2, 0.25) is 0 Å². The summed E-state index contributed by atoms with van der Waals surface area (Å²) >= 11 is 0. The van der Waals surface area contributed by atoms with Crippen LogP contribution < -0.4 is 0 Å². The maximum atomic E-state index is 13.7. The van der Waals surface area contributed by atoms with E-state index in [1.165, 1.54) is 0 Å². The second kappa shape index (κ2) is 12.7. The number of ether oxygens (including phenoxy) is 2. The number of hydrogen-bond acceptors (Lipinski definition) is 7. The number of nitrogens with zero attached hydrogens (tertiary/aromatic N) is 1. The van der Waals surface area contributed by atoms with Crippen LogP contribution in [0.4, 0.5) is 0 Å². The smallest absolute Gasteiger partial charge is 0.309 e. The first kappa shape index (κ1) is 30.2. The Bertz CT molecular complexity index is 1000. The van der Waals surface area contributed by atoms with Gasteiger partial charge in [0.25, 0.3) is 0 Å². The van der Waals surface area contributed by atoms with Crippen LogP contribution in [0.1, 0.15) is 85.3 Å². The van der Waals surface area contributed by atoms with Gasteiger partial charge in [-0.15, -0.1) is 6.58 Å². The molecule has 2 saturated heterocycles. The monoisotopic (exact) mass is 527 g/mol. The van der Waals surface area contributed by atoms with Gasteiger partial charge in [-0.05, 0) is 69.2 Å². The van der Waals surface area contributed by atoms with Crippen LogP contribution in [0.15, 0.2) is 42.6 Å². The molecule has 0 bridgehead atoms. The molecule has 2 N–H and O–H groups in total. The van der Waals surface area contributed by atoms with Crippen LogP contribution in [0.3, 0.4) is 0 Å². The number of aliphatic hydroxyl groups is 2. The van der Waals surface area contributed by atoms with E-state index in [2.05, 4.69) is 18.5 Å². The number of epoxide rings is 1. The fourth-order valence-corrected chi connectivity index (χ4v) is 5.48. The molecular weight excluding hydrogens is 482 g/mol. The molecule has 0 aliphatic carbocycles. The van der Waals surface area contributed by atoms with Gasteiger partial charge in [-0.3, -0.25) is 14.6 Å². The van der Waals surface area contributed by atoms with Gasteiger partial charge in [-0.2, -0.15) is 0 Å². The number of carbonyl (C=O) groups excluding carboxylic acids is 2. The maximum absolute atomic E-state index is 13.7. The van der Waals surface area contributed by atoms with Crippen LogP contribution in [0, 0.1) is 17.3 Å². The molecule has 1 aromatic heterocycles. The Morgan fingerprint density at radius 3 is 2.63 bits per heavy atom. The zero-order chi connectivity index (χ0) is 28.1. The molecule has 7 heteroatoms. The van der Waals surface area contributed by atoms with E-state index >= 15 is 0 Å². The first-order chi connectivity index (χ1) is 17.9. The summed E-state index contributed by atoms with van der Waals surface area (Å²) in [5, 5.41) is 22.3. The number of fused-ring (bicyclic) bond motifs is 1. The molecule has 210 valence electrons. The van der Waals surface area contributed by atoms with Crippen molar-refractivity contribution in [1.29, 1.82) is 0 Å². The van der Waals surface area contributed by atoms with Gasteiger partial charge >= 0.3 is 5.97 Å². The lowest BCUT2D eigenvalue weighted by Gasteiger charge is -2.36. The highest BCUT2D eigenvalue weighted by atomic mass is 16.6. The number of rotatable bonds is 5. The lowest BCUT2D eigenvalue weighted by Crippen LogP contribution is -2.46. The van der Waals surface area contributed by atoms with E-state index in [0.717, 1.165) is 30.5 Å². The third-order valence-corrected chi connectivity index (χ3v) is 8.48. The number of esters is 1. The normalized spacial score (nSPS) is 35.2. The molecular formula is C31H45NO6. The fourth-order valence-electron chi connectivity index (χ4n) is 5.48. The molecule has 3 heterocycles. The summed E-state index contributed by atoms with van der Waals surface area (Å²) in [5.74, 6) is -1.58. The zero-order valence-electron chi connectivity index (χ0n) is 23.6. The third-order valence-electron chi connectivity index (χ3n) is 8.48. The van der Waals surface area contributed by atoms with Gasteiger partial charge in [0.05, 0.1) is 41.4 Å². The SMILES string of the molecule is C=CCC[C@H]1C(=O)C(C)(C)[C@@H](O)CC(=O)O[C@H](/C(C)=C/c2ccccn2)CC2OC2(C)CCC[C@H](C)[C@@H]1O. The number of carbonyl (C=O) groups is 2. The van der Waals surface area contributed by atoms with E-state index in [4.69, 9.17) is 9.47 Å². The molecule has 3 rings (SSSR count). The molecule has 1 aromatic rings. The molecule has 0 aromatic carbocycles. The molecule has 2 aliphatic heterocycles. The van der Waals surface area contributed by atoms with Crippen molar-refractivity contribution >= 4 is 17.8 Å². The summed E-state index contributed by atoms with van der Waals surface area (Å²) in [6.07, 6.45) is 6.22. The summed E-state index contributed by atoms with van der Waals surface area (Å²) in [6.45, 7) is 13.0. The molecule has 0 radical (unpaired) electrons. The number of aliphatic hydroxyl groups excluding tert-OH is 2. The predicted octanol–water partition coefficient (Wildman–Crippen LogP) is 5.05. The summed E-state index contributed by atoms with van der Waals surface area (Å²) in [6, 6.07) is 5.62. The number of hydrogen-bond donors (Lipinski definition) is 2. The average Bonchev–Trinajstić information content (AvgIpc) is 3.51. The van der Waals surface area contributed by atoms with E-state index in [-0.39, 0.29) is 29.8 Å². The second-order valence-electron chi connectivity index (χ2n) is 11.9. The lowest BCUT2D eigenvalue weighted by molar-refractivity contribution is -0.154. The standard InChI is InChI=1S/C31H45NO6/c1-7-8-14-23-28(35)20(2)12-11-15-31(6)26(38-31)18-24(21(3)17-22-13-9-10-16-32-22)37-27(34)19-25(33)30(4,5)29(23)36/h7,9-10,13,16-17,20,23-26,28,33,35H,1,8,11-12,14-15,18-19H2,2-6H3/b21-17+/t20-,23+,24-,25-,26?,28-,31?/m0/s1. The van der Waals surface area contributed by atoms with Crippen molar-refractivity contribution in [1.82, 2.24) is 4.98 Å². The molecule has 0 spiro atoms. The van der Waals surface area contributed by atoms with Crippen molar-refractivity contribution in [3.63, 3.8) is 0 Å². The molecule has 2 fully saturated rings. The summed E-state index contributed by atoms with van der Waals surface area (Å²) in [4.78, 5) is 31.1. The number of Topliss-reactive ketones (excluding diaryl/α,β-unsaturated/α-hetero) is 1. The van der Waals surface area contributed by atoms with Crippen LogP contribution in [0.5, 0.6) is 0 Å². The minimum Gasteiger partial charge on any atom is -0.458 e. The van der Waals surface area contributed by atoms with Crippen molar-refractivity contribution in [2.24, 2.45) is 17.3 Å². The molecule has 2 unspecified atom stereocenters. The van der Waals surface area contributed by atoms with Crippen molar-refractivity contribution in [3.05, 3.63) is 48.3 Å². The highest BCUT2D eigenvalue weighted by Crippen LogP contribution is 2.45. The van der Waals surface area contributed by atoms with E-state index in [1.807, 2.05) is 38.1 Å². The molecule has 0 amide bonds. The van der Waals surface area contributed by atoms with Gasteiger partial charge in [-0.1, -0.05) is 39.3 Å². The lowest BCUT2D eigenvalue weighted by atomic mass is 9.71. The van der Waals surface area contributed by atoms with E-state index in [0.29, 0.717) is 19.3 Å². The van der Waals surface area contributed by atoms with Gasteiger partial charge in [0.15, 0.2) is 0 Å². The number of cyclic esters (lactones) is 1. The summed E-state index contributed by atoms with van der Waals surface area (Å²) in [5.41, 5.74) is 0.0338. The van der Waals surface area contributed by atoms with E-state index in [1.54, 1.807) is 26.1 Å². The number of ketones is 1. The van der Waals surface area contributed by atoms with E-state index < -0.39 is 35.6 Å². The first-order valence-corrected chi connectivity index (χ1v) is 13.9. The largest absolute Gasteiger partial charge is 0.458 e. The first-order valence-electron chi connectivity index (χ1n) is 13.9. The minimum atomic E-state index is -1.26. The Kier molecular flexibility index (Phi) is 10.1. The Labute approximate surface area is 227 Å². The Morgan fingerprint density at radius 2 is 1.97 bits per heavy atom. The van der Waals surface area contributed by atoms with Gasteiger partial charge < -0.3 is 19.7 Å². The van der Waals surface area contributed by atoms with Crippen molar-refractivity contribution in [3.8, 4) is 0 Å². The van der Waals surface area contributed by atoms with Gasteiger partial charge in [0, 0.05) is 18.5 Å². The number of aromatic nitrogens is 1. The summed E-state index contributed by atoms with van der Waals surface area (Å²) < 4.78 is 12.0. The van der Waals surface area contributed by atoms with Crippen molar-refractivity contribution < 1.29 is 29.3 Å². The van der Waals surface area contributed by atoms with Crippen LogP contribution in [-0.4, -0.2) is 57.0 Å². The second-order valence-corrected chi connectivity index (χ2v) is 11.9. The van der Waals surface area contributed by atoms with Crippen LogP contribution in [0.2, 0.25) is 0 Å². The summed E-state index contributed by atoms with van der Waals surface area (Å²) in [7, 11) is 0. The average molecular weight is 528 g/mol. The third kappa shape index (κ3) is 7.39. The number of allylic oxidation sites excluding steroid dienone is 1. The van der Waals surface area contributed by atoms with Gasteiger partial charge in [0.1, 0.15) is 11.9 Å². The molecule has 7 nitrogen and oxygen atoms in total. The van der Waals surface area contributed by atoms with Crippen LogP contribution in [0.25, 0.3) is 6.08 Å². The predicted molar refractivity (Wildman–Crippen MR) is 147 cm³/mol.